The van der Waals surface area contributed by atoms with E-state index in [9.17, 15) is 9.59 Å². The van der Waals surface area contributed by atoms with Crippen molar-refractivity contribution in [1.29, 1.82) is 0 Å². The Labute approximate surface area is 136 Å². The third kappa shape index (κ3) is 4.10. The Morgan fingerprint density at radius 2 is 2.13 bits per heavy atom. The maximum Gasteiger partial charge on any atom is 0.287 e. The molecule has 2 amide bonds. The van der Waals surface area contributed by atoms with Crippen molar-refractivity contribution in [2.24, 2.45) is 0 Å². The van der Waals surface area contributed by atoms with Crippen molar-refractivity contribution in [2.75, 3.05) is 20.3 Å². The van der Waals surface area contributed by atoms with Gasteiger partial charge in [0.15, 0.2) is 5.82 Å². The maximum atomic E-state index is 12.4. The summed E-state index contributed by atoms with van der Waals surface area (Å²) in [7, 11) is 1.58. The van der Waals surface area contributed by atoms with Gasteiger partial charge in [0.25, 0.3) is 11.8 Å². The van der Waals surface area contributed by atoms with Gasteiger partial charge < -0.3 is 19.9 Å². The van der Waals surface area contributed by atoms with Gasteiger partial charge in [0.05, 0.1) is 12.3 Å². The molecular weight excluding hydrogens is 296 g/mol. The van der Waals surface area contributed by atoms with E-state index in [0.29, 0.717) is 24.7 Å². The van der Waals surface area contributed by atoms with Crippen LogP contribution in [-0.4, -0.2) is 47.7 Å². The van der Waals surface area contributed by atoms with E-state index in [0.717, 1.165) is 37.9 Å². The number of nitrogens with zero attached hydrogens (tertiary/aromatic N) is 2. The molecule has 0 bridgehead atoms. The van der Waals surface area contributed by atoms with Gasteiger partial charge >= 0.3 is 0 Å². The summed E-state index contributed by atoms with van der Waals surface area (Å²) in [4.78, 5) is 29.1. The Morgan fingerprint density at radius 3 is 2.83 bits per heavy atom. The van der Waals surface area contributed by atoms with Gasteiger partial charge in [0.1, 0.15) is 5.69 Å². The predicted molar refractivity (Wildman–Crippen MR) is 86.6 cm³/mol. The Morgan fingerprint density at radius 1 is 1.35 bits per heavy atom. The van der Waals surface area contributed by atoms with Gasteiger partial charge in [0, 0.05) is 26.2 Å². The van der Waals surface area contributed by atoms with Crippen LogP contribution in [0.2, 0.25) is 0 Å². The number of carbonyl (C=O) groups excluding carboxylic acids is 2. The van der Waals surface area contributed by atoms with Crippen molar-refractivity contribution in [3.05, 3.63) is 17.2 Å². The highest BCUT2D eigenvalue weighted by molar-refractivity contribution is 5.97. The SMILES string of the molecule is CCC(C)NC(=O)c1nc(C(=O)NCCOC)n2c1CCCC2. The summed E-state index contributed by atoms with van der Waals surface area (Å²) in [6, 6.07) is 0.0856. The molecule has 1 aliphatic heterocycles. The number of rotatable bonds is 7. The standard InChI is InChI=1S/C16H26N4O3/c1-4-11(2)18-15(21)13-12-7-5-6-9-20(12)14(19-13)16(22)17-8-10-23-3/h11H,4-10H2,1-3H3,(H,17,22)(H,18,21). The van der Waals surface area contributed by atoms with Crippen LogP contribution in [0.1, 0.15) is 59.9 Å². The molecule has 1 atom stereocenters. The van der Waals surface area contributed by atoms with Gasteiger partial charge in [-0.25, -0.2) is 4.98 Å². The summed E-state index contributed by atoms with van der Waals surface area (Å²) in [5.74, 6) is -0.126. The van der Waals surface area contributed by atoms with E-state index in [2.05, 4.69) is 15.6 Å². The van der Waals surface area contributed by atoms with Crippen molar-refractivity contribution >= 4 is 11.8 Å². The van der Waals surface area contributed by atoms with E-state index in [1.165, 1.54) is 0 Å². The van der Waals surface area contributed by atoms with Crippen molar-refractivity contribution in [3.8, 4) is 0 Å². The smallest absolute Gasteiger partial charge is 0.287 e. The van der Waals surface area contributed by atoms with E-state index in [1.807, 2.05) is 18.4 Å². The number of hydrogen-bond acceptors (Lipinski definition) is 4. The van der Waals surface area contributed by atoms with Crippen LogP contribution in [-0.2, 0) is 17.7 Å². The molecule has 0 radical (unpaired) electrons. The summed E-state index contributed by atoms with van der Waals surface area (Å²) in [5.41, 5.74) is 1.26. The number of amides is 2. The first-order valence-electron chi connectivity index (χ1n) is 8.25. The van der Waals surface area contributed by atoms with Gasteiger partial charge in [-0.2, -0.15) is 0 Å². The van der Waals surface area contributed by atoms with Crippen molar-refractivity contribution in [3.63, 3.8) is 0 Å². The van der Waals surface area contributed by atoms with Crippen molar-refractivity contribution in [1.82, 2.24) is 20.2 Å². The Hall–Kier alpha value is -1.89. The van der Waals surface area contributed by atoms with E-state index in [-0.39, 0.29) is 17.9 Å². The molecule has 1 aromatic rings. The van der Waals surface area contributed by atoms with Crippen LogP contribution in [0.15, 0.2) is 0 Å². The molecule has 128 valence electrons. The highest BCUT2D eigenvalue weighted by Gasteiger charge is 2.27. The minimum absolute atomic E-state index is 0.0856. The van der Waals surface area contributed by atoms with Crippen LogP contribution in [0.25, 0.3) is 0 Å². The first kappa shape index (κ1) is 17.5. The summed E-state index contributed by atoms with van der Waals surface area (Å²) in [5, 5.41) is 5.71. The molecule has 1 unspecified atom stereocenters. The molecule has 2 N–H and O–H groups in total. The molecule has 1 aromatic heterocycles. The second kappa shape index (κ2) is 8.10. The normalized spacial score (nSPS) is 14.9. The summed E-state index contributed by atoms with van der Waals surface area (Å²) in [6.07, 6.45) is 3.64. The highest BCUT2D eigenvalue weighted by Crippen LogP contribution is 2.21. The fourth-order valence-corrected chi connectivity index (χ4v) is 2.64. The average molecular weight is 322 g/mol. The number of fused-ring (bicyclic) bond motifs is 1. The average Bonchev–Trinajstić information content (AvgIpc) is 2.94. The first-order chi connectivity index (χ1) is 11.1. The van der Waals surface area contributed by atoms with E-state index in [4.69, 9.17) is 4.74 Å². The topological polar surface area (TPSA) is 85.2 Å². The van der Waals surface area contributed by atoms with Crippen LogP contribution in [0, 0.1) is 0 Å². The fourth-order valence-electron chi connectivity index (χ4n) is 2.64. The van der Waals surface area contributed by atoms with E-state index < -0.39 is 0 Å². The molecule has 0 saturated heterocycles. The van der Waals surface area contributed by atoms with Gasteiger partial charge in [0.2, 0.25) is 0 Å². The van der Waals surface area contributed by atoms with Crippen LogP contribution in [0.3, 0.4) is 0 Å². The molecular formula is C16H26N4O3. The molecule has 0 saturated carbocycles. The fraction of sp³-hybridized carbons (Fsp3) is 0.688. The number of imidazole rings is 1. The summed E-state index contributed by atoms with van der Waals surface area (Å²) < 4.78 is 6.82. The molecule has 0 fully saturated rings. The van der Waals surface area contributed by atoms with E-state index in [1.54, 1.807) is 7.11 Å². The Bertz CT molecular complexity index is 568. The molecule has 7 nitrogen and oxygen atoms in total. The number of carbonyl (C=O) groups is 2. The van der Waals surface area contributed by atoms with Crippen LogP contribution < -0.4 is 10.6 Å². The lowest BCUT2D eigenvalue weighted by Gasteiger charge is -2.17. The first-order valence-corrected chi connectivity index (χ1v) is 8.25. The molecule has 0 aromatic carbocycles. The number of aromatic nitrogens is 2. The largest absolute Gasteiger partial charge is 0.383 e. The summed E-state index contributed by atoms with van der Waals surface area (Å²) >= 11 is 0. The molecule has 2 heterocycles. The molecule has 0 aliphatic carbocycles. The zero-order valence-electron chi connectivity index (χ0n) is 14.1. The van der Waals surface area contributed by atoms with Crippen LogP contribution >= 0.6 is 0 Å². The Kier molecular flexibility index (Phi) is 6.15. The van der Waals surface area contributed by atoms with Crippen LogP contribution in [0.4, 0.5) is 0 Å². The minimum Gasteiger partial charge on any atom is -0.383 e. The molecule has 23 heavy (non-hydrogen) atoms. The van der Waals surface area contributed by atoms with Gasteiger partial charge in [-0.3, -0.25) is 9.59 Å². The predicted octanol–water partition coefficient (Wildman–Crippen LogP) is 1.12. The number of ether oxygens (including phenoxy) is 1. The van der Waals surface area contributed by atoms with Gasteiger partial charge in [-0.05, 0) is 32.6 Å². The lowest BCUT2D eigenvalue weighted by atomic mass is 10.1. The van der Waals surface area contributed by atoms with Gasteiger partial charge in [-0.15, -0.1) is 0 Å². The maximum absolute atomic E-state index is 12.4. The van der Waals surface area contributed by atoms with Crippen molar-refractivity contribution in [2.45, 2.75) is 52.1 Å². The number of methoxy groups -OCH3 is 1. The van der Waals surface area contributed by atoms with Crippen molar-refractivity contribution < 1.29 is 14.3 Å². The Balaban J connectivity index is 2.23. The second-order valence-electron chi connectivity index (χ2n) is 5.87. The van der Waals surface area contributed by atoms with Gasteiger partial charge in [-0.1, -0.05) is 6.92 Å². The third-order valence-corrected chi connectivity index (χ3v) is 4.12. The summed E-state index contributed by atoms with van der Waals surface area (Å²) in [6.45, 7) is 5.57. The number of hydrogen-bond donors (Lipinski definition) is 2. The third-order valence-electron chi connectivity index (χ3n) is 4.12. The second-order valence-corrected chi connectivity index (χ2v) is 5.87. The van der Waals surface area contributed by atoms with Crippen LogP contribution in [0.5, 0.6) is 0 Å². The quantitative estimate of drug-likeness (QED) is 0.737. The van der Waals surface area contributed by atoms with E-state index >= 15 is 0 Å². The lowest BCUT2D eigenvalue weighted by Crippen LogP contribution is -2.33. The molecule has 2 rings (SSSR count). The zero-order valence-corrected chi connectivity index (χ0v) is 14.1. The minimum atomic E-state index is -0.257. The molecule has 1 aliphatic rings. The highest BCUT2D eigenvalue weighted by atomic mass is 16.5. The monoisotopic (exact) mass is 322 g/mol. The number of nitrogens with one attached hydrogen (secondary N) is 2. The molecule has 7 heteroatoms. The lowest BCUT2D eigenvalue weighted by molar-refractivity contribution is 0.0921. The molecule has 0 spiro atoms. The zero-order chi connectivity index (χ0) is 16.8.